The molecule has 0 bridgehead atoms. The molecule has 1 saturated heterocycles. The van der Waals surface area contributed by atoms with Crippen molar-refractivity contribution in [2.45, 2.75) is 4.90 Å². The Kier molecular flexibility index (Phi) is 6.23. The van der Waals surface area contributed by atoms with Gasteiger partial charge in [-0.2, -0.15) is 0 Å². The van der Waals surface area contributed by atoms with Crippen molar-refractivity contribution < 1.29 is 13.6 Å². The molecule has 0 N–H and O–H groups in total. The molecule has 1 aromatic heterocycles. The van der Waals surface area contributed by atoms with E-state index in [1.807, 2.05) is 36.4 Å². The molecule has 1 amide bonds. The van der Waals surface area contributed by atoms with Crippen molar-refractivity contribution in [3.63, 3.8) is 0 Å². The lowest BCUT2D eigenvalue weighted by Crippen LogP contribution is -2.49. The van der Waals surface area contributed by atoms with E-state index in [1.54, 1.807) is 11.1 Å². The van der Waals surface area contributed by atoms with Crippen LogP contribution in [0.2, 0.25) is 0 Å². The van der Waals surface area contributed by atoms with E-state index < -0.39 is 11.6 Å². The number of piperazine rings is 1. The van der Waals surface area contributed by atoms with E-state index in [-0.39, 0.29) is 11.7 Å². The van der Waals surface area contributed by atoms with Gasteiger partial charge in [0.05, 0.1) is 5.75 Å². The van der Waals surface area contributed by atoms with Gasteiger partial charge in [-0.25, -0.2) is 18.7 Å². The minimum atomic E-state index is -0.902. The zero-order valence-corrected chi connectivity index (χ0v) is 17.0. The highest BCUT2D eigenvalue weighted by Crippen LogP contribution is 2.22. The van der Waals surface area contributed by atoms with Gasteiger partial charge >= 0.3 is 0 Å². The molecule has 2 heterocycles. The van der Waals surface area contributed by atoms with Gasteiger partial charge in [0.25, 0.3) is 0 Å². The zero-order valence-electron chi connectivity index (χ0n) is 16.2. The van der Waals surface area contributed by atoms with Gasteiger partial charge in [-0.15, -0.1) is 11.8 Å². The van der Waals surface area contributed by atoms with Crippen LogP contribution in [0.1, 0.15) is 0 Å². The predicted molar refractivity (Wildman–Crippen MR) is 113 cm³/mol. The van der Waals surface area contributed by atoms with Gasteiger partial charge in [-0.05, 0) is 24.3 Å². The van der Waals surface area contributed by atoms with E-state index in [9.17, 15) is 13.6 Å². The summed E-state index contributed by atoms with van der Waals surface area (Å²) >= 11 is 1.21. The van der Waals surface area contributed by atoms with Gasteiger partial charge in [0.1, 0.15) is 5.82 Å². The van der Waals surface area contributed by atoms with Crippen molar-refractivity contribution in [3.05, 3.63) is 72.4 Å². The standard InChI is InChI=1S/C22H20F2N4OS/c23-18-7-6-17(14-19(18)24)30-15-21(29)28-12-10-27(11-13-28)20-8-9-25-22(26-20)16-4-2-1-3-5-16/h1-9,14H,10-13,15H2. The van der Waals surface area contributed by atoms with Crippen molar-refractivity contribution in [1.29, 1.82) is 0 Å². The third-order valence-corrected chi connectivity index (χ3v) is 5.86. The van der Waals surface area contributed by atoms with E-state index in [4.69, 9.17) is 0 Å². The third-order valence-electron chi connectivity index (χ3n) is 4.88. The minimum absolute atomic E-state index is 0.0166. The highest BCUT2D eigenvalue weighted by molar-refractivity contribution is 8.00. The normalized spacial score (nSPS) is 14.1. The van der Waals surface area contributed by atoms with Crippen molar-refractivity contribution >= 4 is 23.5 Å². The topological polar surface area (TPSA) is 49.3 Å². The molecule has 0 saturated carbocycles. The molecule has 0 unspecified atom stereocenters. The van der Waals surface area contributed by atoms with Gasteiger partial charge in [-0.3, -0.25) is 4.79 Å². The molecule has 5 nitrogen and oxygen atoms in total. The maximum atomic E-state index is 13.3. The molecule has 0 radical (unpaired) electrons. The summed E-state index contributed by atoms with van der Waals surface area (Å²) in [6.45, 7) is 2.52. The van der Waals surface area contributed by atoms with E-state index in [0.717, 1.165) is 23.5 Å². The summed E-state index contributed by atoms with van der Waals surface area (Å²) in [4.78, 5) is 26.0. The highest BCUT2D eigenvalue weighted by Gasteiger charge is 2.22. The first kappa shape index (κ1) is 20.3. The van der Waals surface area contributed by atoms with Crippen LogP contribution in [-0.2, 0) is 4.79 Å². The maximum Gasteiger partial charge on any atom is 0.233 e. The van der Waals surface area contributed by atoms with Crippen LogP contribution in [0, 0.1) is 11.6 Å². The number of benzene rings is 2. The Morgan fingerprint density at radius 3 is 2.47 bits per heavy atom. The number of thioether (sulfide) groups is 1. The number of carbonyl (C=O) groups excluding carboxylic acids is 1. The van der Waals surface area contributed by atoms with Crippen LogP contribution >= 0.6 is 11.8 Å². The van der Waals surface area contributed by atoms with Gasteiger partial charge in [0.2, 0.25) is 5.91 Å². The zero-order chi connectivity index (χ0) is 20.9. The van der Waals surface area contributed by atoms with E-state index in [1.165, 1.54) is 17.8 Å². The molecule has 3 aromatic rings. The van der Waals surface area contributed by atoms with Crippen LogP contribution in [0.5, 0.6) is 0 Å². The lowest BCUT2D eigenvalue weighted by Gasteiger charge is -2.35. The van der Waals surface area contributed by atoms with Gasteiger partial charge in [-0.1, -0.05) is 30.3 Å². The molecule has 1 aliphatic rings. The first-order valence-corrected chi connectivity index (χ1v) is 10.6. The quantitative estimate of drug-likeness (QED) is 0.580. The second kappa shape index (κ2) is 9.21. The van der Waals surface area contributed by atoms with Gasteiger partial charge < -0.3 is 9.80 Å². The average Bonchev–Trinajstić information content (AvgIpc) is 2.80. The number of aromatic nitrogens is 2. The van der Waals surface area contributed by atoms with Crippen LogP contribution in [0.3, 0.4) is 0 Å². The van der Waals surface area contributed by atoms with E-state index in [0.29, 0.717) is 36.9 Å². The van der Waals surface area contributed by atoms with Crippen LogP contribution in [0.4, 0.5) is 14.6 Å². The number of halogens is 2. The summed E-state index contributed by atoms with van der Waals surface area (Å²) in [5, 5.41) is 0. The first-order valence-electron chi connectivity index (χ1n) is 9.59. The number of carbonyl (C=O) groups is 1. The average molecular weight is 426 g/mol. The van der Waals surface area contributed by atoms with Crippen LogP contribution in [0.15, 0.2) is 65.7 Å². The first-order chi connectivity index (χ1) is 14.6. The Morgan fingerprint density at radius 2 is 1.73 bits per heavy atom. The van der Waals surface area contributed by atoms with Crippen molar-refractivity contribution in [1.82, 2.24) is 14.9 Å². The van der Waals surface area contributed by atoms with Crippen molar-refractivity contribution in [2.24, 2.45) is 0 Å². The fraction of sp³-hybridized carbons (Fsp3) is 0.227. The molecule has 4 rings (SSSR count). The SMILES string of the molecule is O=C(CSc1ccc(F)c(F)c1)N1CCN(c2ccnc(-c3ccccc3)n2)CC1. The summed E-state index contributed by atoms with van der Waals surface area (Å²) in [5.41, 5.74) is 0.961. The molecule has 0 aliphatic carbocycles. The monoisotopic (exact) mass is 426 g/mol. The fourth-order valence-corrected chi connectivity index (χ4v) is 4.06. The Bertz CT molecular complexity index is 1030. The molecular weight excluding hydrogens is 406 g/mol. The number of hydrogen-bond acceptors (Lipinski definition) is 5. The number of anilines is 1. The molecule has 0 atom stereocenters. The van der Waals surface area contributed by atoms with Gasteiger partial charge in [0.15, 0.2) is 17.5 Å². The number of amides is 1. The predicted octanol–water partition coefficient (Wildman–Crippen LogP) is 3.86. The second-order valence-corrected chi connectivity index (χ2v) is 7.89. The summed E-state index contributed by atoms with van der Waals surface area (Å²) in [7, 11) is 0. The molecule has 1 fully saturated rings. The van der Waals surface area contributed by atoms with E-state index >= 15 is 0 Å². The Morgan fingerprint density at radius 1 is 0.967 bits per heavy atom. The van der Waals surface area contributed by atoms with Gasteiger partial charge in [0, 0.05) is 42.8 Å². The van der Waals surface area contributed by atoms with E-state index in [2.05, 4.69) is 14.9 Å². The molecular formula is C22H20F2N4OS. The summed E-state index contributed by atoms with van der Waals surface area (Å²) < 4.78 is 26.3. The molecule has 2 aromatic carbocycles. The summed E-state index contributed by atoms with van der Waals surface area (Å²) in [6, 6.07) is 15.4. The molecule has 8 heteroatoms. The smallest absolute Gasteiger partial charge is 0.233 e. The summed E-state index contributed by atoms with van der Waals surface area (Å²) in [6.07, 6.45) is 1.75. The van der Waals surface area contributed by atoms with Crippen LogP contribution < -0.4 is 4.90 Å². The fourth-order valence-electron chi connectivity index (χ4n) is 3.24. The highest BCUT2D eigenvalue weighted by atomic mass is 32.2. The Balaban J connectivity index is 1.32. The molecule has 30 heavy (non-hydrogen) atoms. The second-order valence-electron chi connectivity index (χ2n) is 6.84. The Hall–Kier alpha value is -3.00. The molecule has 154 valence electrons. The Labute approximate surface area is 177 Å². The maximum absolute atomic E-state index is 13.3. The molecule has 0 spiro atoms. The van der Waals surface area contributed by atoms with Crippen molar-refractivity contribution in [2.75, 3.05) is 36.8 Å². The van der Waals surface area contributed by atoms with Crippen LogP contribution in [0.25, 0.3) is 11.4 Å². The lowest BCUT2D eigenvalue weighted by atomic mass is 10.2. The molecule has 1 aliphatic heterocycles. The summed E-state index contributed by atoms with van der Waals surface area (Å²) in [5.74, 6) is -0.0991. The third kappa shape index (κ3) is 4.76. The largest absolute Gasteiger partial charge is 0.353 e. The lowest BCUT2D eigenvalue weighted by molar-refractivity contribution is -0.128. The van der Waals surface area contributed by atoms with Crippen molar-refractivity contribution in [3.8, 4) is 11.4 Å². The number of rotatable bonds is 5. The minimum Gasteiger partial charge on any atom is -0.353 e. The van der Waals surface area contributed by atoms with Crippen LogP contribution in [-0.4, -0.2) is 52.7 Å². The number of nitrogens with zero attached hydrogens (tertiary/aromatic N) is 4. The number of hydrogen-bond donors (Lipinski definition) is 0.